The van der Waals surface area contributed by atoms with Gasteiger partial charge in [0.1, 0.15) is 0 Å². The number of piperidine rings is 1. The summed E-state index contributed by atoms with van der Waals surface area (Å²) in [6.07, 6.45) is 5.00. The Labute approximate surface area is 163 Å². The quantitative estimate of drug-likeness (QED) is 0.830. The van der Waals surface area contributed by atoms with Gasteiger partial charge in [-0.05, 0) is 43.7 Å². The highest BCUT2D eigenvalue weighted by molar-refractivity contribution is 5.78. The SMILES string of the molecule is Cc1ccccc1CN1CCN(CC(=O)NC2CCN(C3CC3)CC2)CC1. The number of benzene rings is 1. The van der Waals surface area contributed by atoms with E-state index in [4.69, 9.17) is 0 Å². The standard InChI is InChI=1S/C22H34N4O/c1-18-4-2-3-5-19(18)16-24-12-14-25(15-13-24)17-22(27)23-20-8-10-26(11-9-20)21-6-7-21/h2-5,20-21H,6-17H2,1H3,(H,23,27). The fourth-order valence-electron chi connectivity index (χ4n) is 4.46. The maximum atomic E-state index is 12.4. The molecule has 1 aromatic carbocycles. The van der Waals surface area contributed by atoms with Gasteiger partial charge in [0.05, 0.1) is 6.54 Å². The van der Waals surface area contributed by atoms with Crippen LogP contribution in [0.1, 0.15) is 36.8 Å². The van der Waals surface area contributed by atoms with Crippen LogP contribution in [-0.2, 0) is 11.3 Å². The summed E-state index contributed by atoms with van der Waals surface area (Å²) in [6, 6.07) is 9.88. The Morgan fingerprint density at radius 3 is 2.30 bits per heavy atom. The molecule has 3 aliphatic rings. The first kappa shape index (κ1) is 18.9. The lowest BCUT2D eigenvalue weighted by Gasteiger charge is -2.35. The molecule has 4 rings (SSSR count). The van der Waals surface area contributed by atoms with Gasteiger partial charge in [-0.15, -0.1) is 0 Å². The summed E-state index contributed by atoms with van der Waals surface area (Å²) in [6.45, 7) is 10.1. The molecular formula is C22H34N4O. The fraction of sp³-hybridized carbons (Fsp3) is 0.682. The molecule has 0 unspecified atom stereocenters. The predicted octanol–water partition coefficient (Wildman–Crippen LogP) is 1.86. The van der Waals surface area contributed by atoms with Gasteiger partial charge in [-0.25, -0.2) is 0 Å². The number of nitrogens with zero attached hydrogens (tertiary/aromatic N) is 3. The van der Waals surface area contributed by atoms with Crippen molar-refractivity contribution in [2.24, 2.45) is 0 Å². The molecule has 5 nitrogen and oxygen atoms in total. The highest BCUT2D eigenvalue weighted by Crippen LogP contribution is 2.29. The molecule has 0 spiro atoms. The lowest BCUT2D eigenvalue weighted by Crippen LogP contribution is -2.51. The van der Waals surface area contributed by atoms with Gasteiger partial charge in [-0.1, -0.05) is 24.3 Å². The molecular weight excluding hydrogens is 336 g/mol. The van der Waals surface area contributed by atoms with E-state index in [1.807, 2.05) is 0 Å². The van der Waals surface area contributed by atoms with E-state index in [1.54, 1.807) is 0 Å². The van der Waals surface area contributed by atoms with Crippen molar-refractivity contribution in [3.05, 3.63) is 35.4 Å². The highest BCUT2D eigenvalue weighted by Gasteiger charge is 2.32. The van der Waals surface area contributed by atoms with Crippen molar-refractivity contribution in [1.29, 1.82) is 0 Å². The Balaban J connectivity index is 1.15. The molecule has 0 aromatic heterocycles. The van der Waals surface area contributed by atoms with Crippen molar-refractivity contribution in [2.45, 2.75) is 51.2 Å². The van der Waals surface area contributed by atoms with Crippen molar-refractivity contribution in [3.63, 3.8) is 0 Å². The lowest BCUT2D eigenvalue weighted by atomic mass is 10.0. The van der Waals surface area contributed by atoms with E-state index in [1.165, 1.54) is 24.0 Å². The van der Waals surface area contributed by atoms with Crippen LogP contribution < -0.4 is 5.32 Å². The number of aryl methyl sites for hydroxylation is 1. The van der Waals surface area contributed by atoms with Crippen LogP contribution in [0.2, 0.25) is 0 Å². The molecule has 1 saturated carbocycles. The number of hydrogen-bond acceptors (Lipinski definition) is 4. The zero-order valence-corrected chi connectivity index (χ0v) is 16.7. The first-order valence-electron chi connectivity index (χ1n) is 10.7. The second-order valence-corrected chi connectivity index (χ2v) is 8.59. The summed E-state index contributed by atoms with van der Waals surface area (Å²) < 4.78 is 0. The second kappa shape index (κ2) is 8.72. The number of carbonyl (C=O) groups is 1. The van der Waals surface area contributed by atoms with Gasteiger partial charge in [0.2, 0.25) is 5.91 Å². The highest BCUT2D eigenvalue weighted by atomic mass is 16.2. The number of carbonyl (C=O) groups excluding carboxylic acids is 1. The Kier molecular flexibility index (Phi) is 6.11. The van der Waals surface area contributed by atoms with E-state index in [2.05, 4.69) is 51.2 Å². The first-order valence-corrected chi connectivity index (χ1v) is 10.7. The number of hydrogen-bond donors (Lipinski definition) is 1. The maximum Gasteiger partial charge on any atom is 0.234 e. The van der Waals surface area contributed by atoms with Crippen molar-refractivity contribution in [1.82, 2.24) is 20.0 Å². The number of piperazine rings is 1. The molecule has 27 heavy (non-hydrogen) atoms. The Morgan fingerprint density at radius 2 is 1.63 bits per heavy atom. The normalized spacial score (nSPS) is 23.4. The van der Waals surface area contributed by atoms with Gasteiger partial charge in [0.25, 0.3) is 0 Å². The molecule has 0 radical (unpaired) electrons. The molecule has 3 fully saturated rings. The molecule has 2 saturated heterocycles. The molecule has 1 aromatic rings. The average Bonchev–Trinajstić information content (AvgIpc) is 3.51. The summed E-state index contributed by atoms with van der Waals surface area (Å²) in [7, 11) is 0. The first-order chi connectivity index (χ1) is 13.2. The van der Waals surface area contributed by atoms with Crippen LogP contribution >= 0.6 is 0 Å². The summed E-state index contributed by atoms with van der Waals surface area (Å²) in [4.78, 5) is 19.9. The van der Waals surface area contributed by atoms with Crippen LogP contribution in [0.25, 0.3) is 0 Å². The Morgan fingerprint density at radius 1 is 0.963 bits per heavy atom. The molecule has 1 amide bonds. The number of amides is 1. The third-order valence-corrected chi connectivity index (χ3v) is 6.45. The predicted molar refractivity (Wildman–Crippen MR) is 109 cm³/mol. The van der Waals surface area contributed by atoms with Gasteiger partial charge in [0, 0.05) is 57.9 Å². The monoisotopic (exact) mass is 370 g/mol. The smallest absolute Gasteiger partial charge is 0.234 e. The summed E-state index contributed by atoms with van der Waals surface area (Å²) in [5, 5.41) is 3.28. The summed E-state index contributed by atoms with van der Waals surface area (Å²) in [5.41, 5.74) is 2.79. The van der Waals surface area contributed by atoms with Crippen LogP contribution in [0.5, 0.6) is 0 Å². The number of rotatable bonds is 6. The lowest BCUT2D eigenvalue weighted by molar-refractivity contribution is -0.123. The molecule has 2 aliphatic heterocycles. The average molecular weight is 371 g/mol. The number of nitrogens with one attached hydrogen (secondary N) is 1. The van der Waals surface area contributed by atoms with Gasteiger partial charge in [0.15, 0.2) is 0 Å². The van der Waals surface area contributed by atoms with E-state index in [9.17, 15) is 4.79 Å². The topological polar surface area (TPSA) is 38.8 Å². The van der Waals surface area contributed by atoms with Gasteiger partial charge in [-0.3, -0.25) is 14.6 Å². The minimum Gasteiger partial charge on any atom is -0.352 e. The van der Waals surface area contributed by atoms with E-state index < -0.39 is 0 Å². The molecule has 0 atom stereocenters. The largest absolute Gasteiger partial charge is 0.352 e. The third-order valence-electron chi connectivity index (χ3n) is 6.45. The molecule has 5 heteroatoms. The van der Waals surface area contributed by atoms with E-state index >= 15 is 0 Å². The Bertz CT molecular complexity index is 629. The molecule has 2 heterocycles. The van der Waals surface area contributed by atoms with Crippen molar-refractivity contribution in [3.8, 4) is 0 Å². The van der Waals surface area contributed by atoms with Crippen molar-refractivity contribution in [2.75, 3.05) is 45.8 Å². The molecule has 148 valence electrons. The van der Waals surface area contributed by atoms with Crippen molar-refractivity contribution < 1.29 is 4.79 Å². The maximum absolute atomic E-state index is 12.4. The van der Waals surface area contributed by atoms with E-state index in [-0.39, 0.29) is 5.91 Å². The Hall–Kier alpha value is -1.43. The fourth-order valence-corrected chi connectivity index (χ4v) is 4.46. The summed E-state index contributed by atoms with van der Waals surface area (Å²) >= 11 is 0. The summed E-state index contributed by atoms with van der Waals surface area (Å²) in [5.74, 6) is 0.215. The van der Waals surface area contributed by atoms with Crippen LogP contribution in [-0.4, -0.2) is 78.5 Å². The van der Waals surface area contributed by atoms with Gasteiger partial charge in [-0.2, -0.15) is 0 Å². The molecule has 0 bridgehead atoms. The van der Waals surface area contributed by atoms with Gasteiger partial charge < -0.3 is 10.2 Å². The minimum atomic E-state index is 0.215. The van der Waals surface area contributed by atoms with Crippen LogP contribution in [0.3, 0.4) is 0 Å². The van der Waals surface area contributed by atoms with Gasteiger partial charge >= 0.3 is 0 Å². The third kappa shape index (κ3) is 5.31. The minimum absolute atomic E-state index is 0.215. The van der Waals surface area contributed by atoms with Crippen LogP contribution in [0, 0.1) is 6.92 Å². The van der Waals surface area contributed by atoms with Crippen LogP contribution in [0.15, 0.2) is 24.3 Å². The second-order valence-electron chi connectivity index (χ2n) is 8.59. The molecule has 1 aliphatic carbocycles. The van der Waals surface area contributed by atoms with Crippen molar-refractivity contribution >= 4 is 5.91 Å². The zero-order valence-electron chi connectivity index (χ0n) is 16.7. The molecule has 1 N–H and O–H groups in total. The van der Waals surface area contributed by atoms with E-state index in [0.29, 0.717) is 12.6 Å². The van der Waals surface area contributed by atoms with Crippen LogP contribution in [0.4, 0.5) is 0 Å². The van der Waals surface area contributed by atoms with E-state index in [0.717, 1.165) is 64.7 Å². The number of likely N-dealkylation sites (tertiary alicyclic amines) is 1. The zero-order chi connectivity index (χ0) is 18.6.